The number of nitrogens with zero attached hydrogens (tertiary/aromatic N) is 1. The number of nitrogens with one attached hydrogen (secondary N) is 1. The number of carbonyl (C=O) groups is 1. The first-order chi connectivity index (χ1) is 7.59. The first-order valence-electron chi connectivity index (χ1n) is 4.32. The Morgan fingerprint density at radius 1 is 1.50 bits per heavy atom. The van der Waals surface area contributed by atoms with Gasteiger partial charge in [0.15, 0.2) is 0 Å². The molecule has 2 aromatic rings. The van der Waals surface area contributed by atoms with Gasteiger partial charge in [-0.15, -0.1) is 0 Å². The Morgan fingerprint density at radius 3 is 2.88 bits per heavy atom. The predicted molar refractivity (Wildman–Crippen MR) is 56.0 cm³/mol. The van der Waals surface area contributed by atoms with Gasteiger partial charge in [-0.25, -0.2) is 9.18 Å². The fourth-order valence-electron chi connectivity index (χ4n) is 1.32. The molecule has 0 atom stereocenters. The molecule has 0 saturated heterocycles. The van der Waals surface area contributed by atoms with Crippen LogP contribution in [0.5, 0.6) is 0 Å². The summed E-state index contributed by atoms with van der Waals surface area (Å²) in [4.78, 5) is 10.8. The minimum atomic E-state index is -1.11. The molecule has 0 unspecified atom stereocenters. The number of hydrogen-bond acceptors (Lipinski definition) is 2. The molecule has 0 amide bonds. The average molecular weight is 241 g/mol. The zero-order valence-corrected chi connectivity index (χ0v) is 8.62. The van der Waals surface area contributed by atoms with Crippen LogP contribution in [0.25, 0.3) is 11.3 Å². The van der Waals surface area contributed by atoms with Crippen LogP contribution in [0.2, 0.25) is 5.02 Å². The lowest BCUT2D eigenvalue weighted by Crippen LogP contribution is -1.96. The van der Waals surface area contributed by atoms with E-state index in [2.05, 4.69) is 10.2 Å². The summed E-state index contributed by atoms with van der Waals surface area (Å²) in [6, 6.07) is 3.92. The summed E-state index contributed by atoms with van der Waals surface area (Å²) < 4.78 is 12.9. The van der Waals surface area contributed by atoms with E-state index in [0.717, 1.165) is 6.07 Å². The molecule has 0 saturated carbocycles. The third-order valence-corrected chi connectivity index (χ3v) is 2.35. The van der Waals surface area contributed by atoms with E-state index in [1.54, 1.807) is 0 Å². The zero-order valence-electron chi connectivity index (χ0n) is 7.87. The summed E-state index contributed by atoms with van der Waals surface area (Å²) >= 11 is 5.60. The molecule has 1 aromatic carbocycles. The fourth-order valence-corrected chi connectivity index (χ4v) is 1.50. The second kappa shape index (κ2) is 3.94. The summed E-state index contributed by atoms with van der Waals surface area (Å²) in [6.07, 6.45) is 1.26. The van der Waals surface area contributed by atoms with Crippen LogP contribution in [0.4, 0.5) is 4.39 Å². The molecular weight excluding hydrogens is 235 g/mol. The van der Waals surface area contributed by atoms with Gasteiger partial charge < -0.3 is 5.11 Å². The molecule has 0 bridgehead atoms. The van der Waals surface area contributed by atoms with Crippen molar-refractivity contribution in [3.05, 3.63) is 40.8 Å². The number of rotatable bonds is 2. The van der Waals surface area contributed by atoms with Gasteiger partial charge in [0.05, 0.1) is 5.02 Å². The number of aromatic amines is 1. The molecule has 0 aliphatic heterocycles. The minimum absolute atomic E-state index is 0.0164. The van der Waals surface area contributed by atoms with Crippen molar-refractivity contribution in [3.63, 3.8) is 0 Å². The molecule has 0 radical (unpaired) electrons. The number of carboxylic acid groups (broad SMARTS) is 1. The van der Waals surface area contributed by atoms with Gasteiger partial charge in [-0.3, -0.25) is 5.10 Å². The number of carboxylic acids is 1. The van der Waals surface area contributed by atoms with Crippen LogP contribution in [-0.2, 0) is 0 Å². The van der Waals surface area contributed by atoms with E-state index < -0.39 is 11.8 Å². The van der Waals surface area contributed by atoms with Gasteiger partial charge in [0.25, 0.3) is 0 Å². The van der Waals surface area contributed by atoms with Crippen LogP contribution in [0.15, 0.2) is 24.4 Å². The van der Waals surface area contributed by atoms with Crippen molar-refractivity contribution in [1.82, 2.24) is 10.2 Å². The Labute approximate surface area is 94.7 Å². The molecule has 0 spiro atoms. The Morgan fingerprint density at radius 2 is 2.25 bits per heavy atom. The third kappa shape index (κ3) is 1.77. The van der Waals surface area contributed by atoms with Crippen molar-refractivity contribution in [2.45, 2.75) is 0 Å². The Hall–Kier alpha value is -1.88. The van der Waals surface area contributed by atoms with E-state index >= 15 is 0 Å². The van der Waals surface area contributed by atoms with Crippen molar-refractivity contribution >= 4 is 17.6 Å². The number of aromatic carboxylic acids is 1. The molecule has 82 valence electrons. The second-order valence-corrected chi connectivity index (χ2v) is 3.49. The van der Waals surface area contributed by atoms with E-state index in [-0.39, 0.29) is 16.3 Å². The highest BCUT2D eigenvalue weighted by Crippen LogP contribution is 2.25. The van der Waals surface area contributed by atoms with Gasteiger partial charge in [-0.2, -0.15) is 5.10 Å². The summed E-state index contributed by atoms with van der Waals surface area (Å²) in [5.74, 6) is -1.66. The van der Waals surface area contributed by atoms with Gasteiger partial charge in [0.1, 0.15) is 17.1 Å². The van der Waals surface area contributed by atoms with Gasteiger partial charge in [-0.1, -0.05) is 11.6 Å². The van der Waals surface area contributed by atoms with Crippen molar-refractivity contribution in [3.8, 4) is 11.3 Å². The molecule has 0 aliphatic rings. The van der Waals surface area contributed by atoms with Crippen LogP contribution in [0.1, 0.15) is 10.4 Å². The van der Waals surface area contributed by atoms with E-state index in [1.807, 2.05) is 0 Å². The van der Waals surface area contributed by atoms with Crippen molar-refractivity contribution < 1.29 is 14.3 Å². The van der Waals surface area contributed by atoms with Gasteiger partial charge in [0, 0.05) is 11.8 Å². The van der Waals surface area contributed by atoms with E-state index in [0.29, 0.717) is 5.56 Å². The third-order valence-electron chi connectivity index (χ3n) is 2.06. The molecule has 2 N–H and O–H groups in total. The molecule has 16 heavy (non-hydrogen) atoms. The van der Waals surface area contributed by atoms with Crippen molar-refractivity contribution in [2.24, 2.45) is 0 Å². The topological polar surface area (TPSA) is 66.0 Å². The molecule has 6 heteroatoms. The zero-order chi connectivity index (χ0) is 11.7. The minimum Gasteiger partial charge on any atom is -0.478 e. The van der Waals surface area contributed by atoms with Crippen LogP contribution in [0, 0.1) is 5.82 Å². The largest absolute Gasteiger partial charge is 0.478 e. The van der Waals surface area contributed by atoms with Crippen molar-refractivity contribution in [2.75, 3.05) is 0 Å². The first-order valence-corrected chi connectivity index (χ1v) is 4.70. The summed E-state index contributed by atoms with van der Waals surface area (Å²) in [6.45, 7) is 0. The summed E-state index contributed by atoms with van der Waals surface area (Å²) in [7, 11) is 0. The maximum absolute atomic E-state index is 12.9. The standard InChI is InChI=1S/C10H6ClFN2O2/c11-7-3-5(1-2-8(7)12)9-6(10(15)16)4-13-14-9/h1-4H,(H,13,14)(H,15,16). The van der Waals surface area contributed by atoms with E-state index in [4.69, 9.17) is 16.7 Å². The SMILES string of the molecule is O=C(O)c1c[nH]nc1-c1ccc(F)c(Cl)c1. The lowest BCUT2D eigenvalue weighted by atomic mass is 10.1. The predicted octanol–water partition coefficient (Wildman–Crippen LogP) is 2.57. The number of hydrogen-bond donors (Lipinski definition) is 2. The highest BCUT2D eigenvalue weighted by molar-refractivity contribution is 6.31. The highest BCUT2D eigenvalue weighted by atomic mass is 35.5. The summed E-state index contributed by atoms with van der Waals surface area (Å²) in [5, 5.41) is 15.0. The number of aromatic nitrogens is 2. The first kappa shape index (κ1) is 10.6. The van der Waals surface area contributed by atoms with Gasteiger partial charge in [-0.05, 0) is 18.2 Å². The normalized spacial score (nSPS) is 10.4. The fraction of sp³-hybridized carbons (Fsp3) is 0. The number of halogens is 2. The average Bonchev–Trinajstić information content (AvgIpc) is 2.71. The second-order valence-electron chi connectivity index (χ2n) is 3.08. The number of H-pyrrole nitrogens is 1. The van der Waals surface area contributed by atoms with Gasteiger partial charge in [0.2, 0.25) is 0 Å². The monoisotopic (exact) mass is 240 g/mol. The Kier molecular flexibility index (Phi) is 2.62. The van der Waals surface area contributed by atoms with Crippen LogP contribution in [-0.4, -0.2) is 21.3 Å². The van der Waals surface area contributed by atoms with Crippen LogP contribution >= 0.6 is 11.6 Å². The maximum Gasteiger partial charge on any atom is 0.339 e. The highest BCUT2D eigenvalue weighted by Gasteiger charge is 2.15. The molecule has 1 aromatic heterocycles. The smallest absolute Gasteiger partial charge is 0.339 e. The van der Waals surface area contributed by atoms with E-state index in [1.165, 1.54) is 18.3 Å². The molecule has 0 aliphatic carbocycles. The van der Waals surface area contributed by atoms with E-state index in [9.17, 15) is 9.18 Å². The maximum atomic E-state index is 12.9. The lowest BCUT2D eigenvalue weighted by Gasteiger charge is -2.00. The quantitative estimate of drug-likeness (QED) is 0.848. The lowest BCUT2D eigenvalue weighted by molar-refractivity contribution is 0.0698. The number of benzene rings is 1. The van der Waals surface area contributed by atoms with Crippen LogP contribution in [0.3, 0.4) is 0 Å². The molecule has 1 heterocycles. The molecule has 4 nitrogen and oxygen atoms in total. The molecular formula is C10H6ClFN2O2. The Bertz CT molecular complexity index is 554. The summed E-state index contributed by atoms with van der Waals surface area (Å²) in [5.41, 5.74) is 0.696. The molecule has 0 fully saturated rings. The van der Waals surface area contributed by atoms with Crippen molar-refractivity contribution in [1.29, 1.82) is 0 Å². The Balaban J connectivity index is 2.54. The molecule has 2 rings (SSSR count). The van der Waals surface area contributed by atoms with Crippen LogP contribution < -0.4 is 0 Å². The van der Waals surface area contributed by atoms with Gasteiger partial charge >= 0.3 is 5.97 Å².